The third-order valence-corrected chi connectivity index (χ3v) is 2.63. The first-order chi connectivity index (χ1) is 9.11. The molecule has 1 unspecified atom stereocenters. The zero-order chi connectivity index (χ0) is 13.8. The minimum atomic E-state index is -0.733. The zero-order valence-electron chi connectivity index (χ0n) is 10.7. The van der Waals surface area contributed by atoms with E-state index in [9.17, 15) is 9.90 Å². The van der Waals surface area contributed by atoms with Gasteiger partial charge in [0.05, 0.1) is 29.4 Å². The highest BCUT2D eigenvalue weighted by Gasteiger charge is 2.12. The Kier molecular flexibility index (Phi) is 4.08. The van der Waals surface area contributed by atoms with E-state index in [0.29, 0.717) is 22.4 Å². The van der Waals surface area contributed by atoms with Crippen LogP contribution in [-0.4, -0.2) is 47.5 Å². The number of methoxy groups -OCH3 is 1. The Morgan fingerprint density at radius 2 is 2.42 bits per heavy atom. The van der Waals surface area contributed by atoms with Crippen LogP contribution in [0.1, 0.15) is 16.1 Å². The van der Waals surface area contributed by atoms with Crippen molar-refractivity contribution in [1.82, 2.24) is 15.5 Å². The first kappa shape index (κ1) is 13.4. The number of carbonyl (C=O) groups is 1. The van der Waals surface area contributed by atoms with Gasteiger partial charge in [-0.15, -0.1) is 0 Å². The molecule has 0 aromatic carbocycles. The summed E-state index contributed by atoms with van der Waals surface area (Å²) in [6.07, 6.45) is 0.674. The number of nitrogens with one attached hydrogen (secondary N) is 1. The molecule has 19 heavy (non-hydrogen) atoms. The topological polar surface area (TPSA) is 97.5 Å². The first-order valence-corrected chi connectivity index (χ1v) is 5.79. The Labute approximate surface area is 109 Å². The van der Waals surface area contributed by atoms with Crippen LogP contribution < -0.4 is 5.32 Å². The van der Waals surface area contributed by atoms with Crippen molar-refractivity contribution < 1.29 is 19.2 Å². The molecular weight excluding hydrogens is 250 g/mol. The highest BCUT2D eigenvalue weighted by atomic mass is 16.5. The number of aryl methyl sites for hydroxylation is 1. The Hall–Kier alpha value is -1.99. The minimum absolute atomic E-state index is 0.118. The standard InChI is InChI=1S/C12H15N3O4/c1-7-10-3-8(4-14-12(10)19-15-7)11(17)13-5-9(16)6-18-2/h3-4,9,16H,5-6H2,1-2H3,(H,13,17). The fourth-order valence-electron chi connectivity index (χ4n) is 1.63. The number of hydrogen-bond acceptors (Lipinski definition) is 6. The molecule has 102 valence electrons. The highest BCUT2D eigenvalue weighted by molar-refractivity contribution is 5.96. The summed E-state index contributed by atoms with van der Waals surface area (Å²) in [5.74, 6) is -0.315. The number of hydrogen-bond donors (Lipinski definition) is 2. The number of aliphatic hydroxyl groups is 1. The van der Waals surface area contributed by atoms with Gasteiger partial charge in [0.15, 0.2) is 0 Å². The van der Waals surface area contributed by atoms with Gasteiger partial charge in [-0.3, -0.25) is 4.79 Å². The number of rotatable bonds is 5. The molecule has 2 heterocycles. The predicted octanol–water partition coefficient (Wildman–Crippen LogP) is 0.268. The molecule has 0 aliphatic heterocycles. The van der Waals surface area contributed by atoms with E-state index >= 15 is 0 Å². The van der Waals surface area contributed by atoms with E-state index in [4.69, 9.17) is 9.26 Å². The lowest BCUT2D eigenvalue weighted by Gasteiger charge is -2.10. The van der Waals surface area contributed by atoms with Crippen molar-refractivity contribution in [2.75, 3.05) is 20.3 Å². The molecule has 0 bridgehead atoms. The molecule has 0 aliphatic rings. The van der Waals surface area contributed by atoms with Crippen molar-refractivity contribution in [3.8, 4) is 0 Å². The maximum absolute atomic E-state index is 11.9. The molecule has 0 fully saturated rings. The van der Waals surface area contributed by atoms with Crippen LogP contribution >= 0.6 is 0 Å². The van der Waals surface area contributed by atoms with E-state index in [2.05, 4.69) is 15.5 Å². The smallest absolute Gasteiger partial charge is 0.257 e. The van der Waals surface area contributed by atoms with Crippen LogP contribution in [0, 0.1) is 6.92 Å². The molecule has 7 heteroatoms. The van der Waals surface area contributed by atoms with Crippen molar-refractivity contribution in [3.63, 3.8) is 0 Å². The number of pyridine rings is 1. The summed E-state index contributed by atoms with van der Waals surface area (Å²) in [6.45, 7) is 2.06. The summed E-state index contributed by atoms with van der Waals surface area (Å²) in [7, 11) is 1.48. The normalized spacial score (nSPS) is 12.6. The molecule has 2 rings (SSSR count). The van der Waals surface area contributed by atoms with Crippen LogP contribution in [-0.2, 0) is 4.74 Å². The first-order valence-electron chi connectivity index (χ1n) is 5.79. The molecule has 0 saturated carbocycles. The number of aliphatic hydroxyl groups excluding tert-OH is 1. The number of aromatic nitrogens is 2. The molecule has 0 aliphatic carbocycles. The highest BCUT2D eigenvalue weighted by Crippen LogP contribution is 2.16. The summed E-state index contributed by atoms with van der Waals surface area (Å²) in [5.41, 5.74) is 1.47. The van der Waals surface area contributed by atoms with Gasteiger partial charge in [-0.05, 0) is 13.0 Å². The summed E-state index contributed by atoms with van der Waals surface area (Å²) in [4.78, 5) is 15.9. The fraction of sp³-hybridized carbons (Fsp3) is 0.417. The molecule has 1 atom stereocenters. The largest absolute Gasteiger partial charge is 0.389 e. The third-order valence-electron chi connectivity index (χ3n) is 2.63. The molecule has 0 spiro atoms. The Morgan fingerprint density at radius 1 is 1.63 bits per heavy atom. The lowest BCUT2D eigenvalue weighted by Crippen LogP contribution is -2.34. The van der Waals surface area contributed by atoms with Crippen molar-refractivity contribution in [3.05, 3.63) is 23.5 Å². The second kappa shape index (κ2) is 5.77. The molecule has 1 amide bonds. The predicted molar refractivity (Wildman–Crippen MR) is 66.8 cm³/mol. The number of amides is 1. The number of ether oxygens (including phenoxy) is 1. The molecular formula is C12H15N3O4. The van der Waals surface area contributed by atoms with Crippen molar-refractivity contribution in [2.24, 2.45) is 0 Å². The van der Waals surface area contributed by atoms with Crippen molar-refractivity contribution in [2.45, 2.75) is 13.0 Å². The number of carbonyl (C=O) groups excluding carboxylic acids is 1. The lowest BCUT2D eigenvalue weighted by molar-refractivity contribution is 0.0610. The summed E-state index contributed by atoms with van der Waals surface area (Å²) < 4.78 is 9.73. The van der Waals surface area contributed by atoms with E-state index in [0.717, 1.165) is 0 Å². The van der Waals surface area contributed by atoms with E-state index in [-0.39, 0.29) is 19.1 Å². The average Bonchev–Trinajstić information content (AvgIpc) is 2.78. The van der Waals surface area contributed by atoms with Gasteiger partial charge >= 0.3 is 0 Å². The van der Waals surface area contributed by atoms with Gasteiger partial charge in [-0.25, -0.2) is 4.98 Å². The molecule has 2 aromatic heterocycles. The summed E-state index contributed by atoms with van der Waals surface area (Å²) >= 11 is 0. The Balaban J connectivity index is 2.06. The van der Waals surface area contributed by atoms with Gasteiger partial charge in [-0.1, -0.05) is 5.16 Å². The second-order valence-electron chi connectivity index (χ2n) is 4.16. The average molecular weight is 265 g/mol. The Bertz CT molecular complexity index is 581. The van der Waals surface area contributed by atoms with Crippen LogP contribution in [0.4, 0.5) is 0 Å². The van der Waals surface area contributed by atoms with E-state index < -0.39 is 6.10 Å². The van der Waals surface area contributed by atoms with Crippen molar-refractivity contribution >= 4 is 17.0 Å². The SMILES string of the molecule is COCC(O)CNC(=O)c1cnc2onc(C)c2c1. The fourth-order valence-corrected chi connectivity index (χ4v) is 1.63. The van der Waals surface area contributed by atoms with Crippen LogP contribution in [0.2, 0.25) is 0 Å². The maximum atomic E-state index is 11.9. The quantitative estimate of drug-likeness (QED) is 0.805. The molecule has 0 saturated heterocycles. The molecule has 0 radical (unpaired) electrons. The van der Waals surface area contributed by atoms with Gasteiger partial charge in [0, 0.05) is 19.9 Å². The van der Waals surface area contributed by atoms with E-state index in [1.54, 1.807) is 13.0 Å². The van der Waals surface area contributed by atoms with Crippen LogP contribution in [0.5, 0.6) is 0 Å². The van der Waals surface area contributed by atoms with Gasteiger partial charge < -0.3 is 19.7 Å². The van der Waals surface area contributed by atoms with Crippen LogP contribution in [0.15, 0.2) is 16.8 Å². The van der Waals surface area contributed by atoms with Gasteiger partial charge in [0.1, 0.15) is 0 Å². The van der Waals surface area contributed by atoms with Crippen LogP contribution in [0.3, 0.4) is 0 Å². The monoisotopic (exact) mass is 265 g/mol. The third kappa shape index (κ3) is 3.07. The number of fused-ring (bicyclic) bond motifs is 1. The molecule has 2 aromatic rings. The number of nitrogens with zero attached hydrogens (tertiary/aromatic N) is 2. The second-order valence-corrected chi connectivity index (χ2v) is 4.16. The van der Waals surface area contributed by atoms with E-state index in [1.165, 1.54) is 13.3 Å². The Morgan fingerprint density at radius 3 is 3.16 bits per heavy atom. The lowest BCUT2D eigenvalue weighted by atomic mass is 10.2. The van der Waals surface area contributed by atoms with Gasteiger partial charge in [0.25, 0.3) is 11.6 Å². The van der Waals surface area contributed by atoms with Crippen LogP contribution in [0.25, 0.3) is 11.1 Å². The molecule has 7 nitrogen and oxygen atoms in total. The maximum Gasteiger partial charge on any atom is 0.257 e. The summed E-state index contributed by atoms with van der Waals surface area (Å²) in [5, 5.41) is 16.5. The van der Waals surface area contributed by atoms with E-state index in [1.807, 2.05) is 0 Å². The van der Waals surface area contributed by atoms with Gasteiger partial charge in [-0.2, -0.15) is 0 Å². The van der Waals surface area contributed by atoms with Crippen molar-refractivity contribution in [1.29, 1.82) is 0 Å². The summed E-state index contributed by atoms with van der Waals surface area (Å²) in [6, 6.07) is 1.66. The zero-order valence-corrected chi connectivity index (χ0v) is 10.7. The molecule has 2 N–H and O–H groups in total. The van der Waals surface area contributed by atoms with Gasteiger partial charge in [0.2, 0.25) is 0 Å². The minimum Gasteiger partial charge on any atom is -0.389 e.